The van der Waals surface area contributed by atoms with Gasteiger partial charge in [-0.1, -0.05) is 5.16 Å². The fourth-order valence-corrected chi connectivity index (χ4v) is 2.83. The van der Waals surface area contributed by atoms with Crippen molar-refractivity contribution in [2.24, 2.45) is 7.05 Å². The summed E-state index contributed by atoms with van der Waals surface area (Å²) in [6.45, 7) is 4.57. The van der Waals surface area contributed by atoms with Crippen LogP contribution in [0.5, 0.6) is 0 Å². The zero-order valence-corrected chi connectivity index (χ0v) is 12.5. The quantitative estimate of drug-likeness (QED) is 0.855. The lowest BCUT2D eigenvalue weighted by molar-refractivity contribution is 0.180. The molecular weight excluding hydrogens is 268 g/mol. The maximum absolute atomic E-state index is 11.7. The van der Waals surface area contributed by atoms with E-state index in [0.29, 0.717) is 11.7 Å². The fraction of sp³-hybridized carbons (Fsp3) is 0.533. The number of hydrogen-bond acceptors (Lipinski definition) is 5. The van der Waals surface area contributed by atoms with Gasteiger partial charge in [0, 0.05) is 32.4 Å². The highest BCUT2D eigenvalue weighted by Gasteiger charge is 2.25. The molecule has 0 radical (unpaired) electrons. The van der Waals surface area contributed by atoms with Crippen LogP contribution in [-0.2, 0) is 13.6 Å². The molecule has 1 aliphatic rings. The van der Waals surface area contributed by atoms with Gasteiger partial charge in [-0.2, -0.15) is 4.98 Å². The summed E-state index contributed by atoms with van der Waals surface area (Å²) in [5.41, 5.74) is 1.09. The van der Waals surface area contributed by atoms with Gasteiger partial charge in [0.1, 0.15) is 0 Å². The molecule has 0 aliphatic carbocycles. The summed E-state index contributed by atoms with van der Waals surface area (Å²) in [4.78, 5) is 18.4. The summed E-state index contributed by atoms with van der Waals surface area (Å²) in [6.07, 6.45) is 4.01. The number of nitrogens with zero attached hydrogens (tertiary/aromatic N) is 4. The minimum atomic E-state index is 0.0357. The molecule has 1 aliphatic heterocycles. The van der Waals surface area contributed by atoms with Crippen LogP contribution < -0.4 is 5.56 Å². The van der Waals surface area contributed by atoms with Crippen molar-refractivity contribution in [1.82, 2.24) is 19.6 Å². The third-order valence-corrected chi connectivity index (χ3v) is 3.97. The Hall–Kier alpha value is -1.95. The molecule has 0 N–H and O–H groups in total. The molecule has 0 amide bonds. The first-order valence-electron chi connectivity index (χ1n) is 7.30. The predicted octanol–water partition coefficient (Wildman–Crippen LogP) is 1.46. The Morgan fingerprint density at radius 1 is 1.48 bits per heavy atom. The van der Waals surface area contributed by atoms with Crippen molar-refractivity contribution in [2.75, 3.05) is 13.1 Å². The van der Waals surface area contributed by atoms with Crippen molar-refractivity contribution in [3.05, 3.63) is 46.0 Å². The van der Waals surface area contributed by atoms with E-state index >= 15 is 0 Å². The number of rotatable bonds is 3. The van der Waals surface area contributed by atoms with Crippen LogP contribution >= 0.6 is 0 Å². The molecule has 1 saturated heterocycles. The van der Waals surface area contributed by atoms with Crippen LogP contribution in [0.25, 0.3) is 0 Å². The van der Waals surface area contributed by atoms with Crippen LogP contribution in [-0.4, -0.2) is 32.7 Å². The first-order valence-corrected chi connectivity index (χ1v) is 7.30. The fourth-order valence-electron chi connectivity index (χ4n) is 2.83. The van der Waals surface area contributed by atoms with Crippen LogP contribution in [0, 0.1) is 6.92 Å². The van der Waals surface area contributed by atoms with Gasteiger partial charge in [0.25, 0.3) is 5.56 Å². The first-order chi connectivity index (χ1) is 10.1. The molecule has 0 spiro atoms. The standard InChI is InChI=1S/C15H20N4O2/c1-11-16-15(21-17-11)13-4-3-6-19(10-13)9-12-5-7-18(2)14(20)8-12/h5,7-8,13H,3-4,6,9-10H2,1-2H3/t13-/m1/s1. The lowest BCUT2D eigenvalue weighted by atomic mass is 9.97. The smallest absolute Gasteiger partial charge is 0.250 e. The minimum absolute atomic E-state index is 0.0357. The molecule has 0 saturated carbocycles. The molecule has 6 heteroatoms. The molecule has 1 fully saturated rings. The molecule has 2 aromatic heterocycles. The Morgan fingerprint density at radius 2 is 2.33 bits per heavy atom. The molecule has 3 rings (SSSR count). The lowest BCUT2D eigenvalue weighted by Gasteiger charge is -2.30. The van der Waals surface area contributed by atoms with Crippen molar-refractivity contribution < 1.29 is 4.52 Å². The maximum atomic E-state index is 11.7. The van der Waals surface area contributed by atoms with Crippen molar-refractivity contribution in [2.45, 2.75) is 32.2 Å². The predicted molar refractivity (Wildman–Crippen MR) is 78.0 cm³/mol. The Labute approximate surface area is 123 Å². The number of pyridine rings is 1. The van der Waals surface area contributed by atoms with Gasteiger partial charge in [0.15, 0.2) is 5.82 Å². The Bertz CT molecular complexity index is 676. The number of hydrogen-bond donors (Lipinski definition) is 0. The van der Waals surface area contributed by atoms with Gasteiger partial charge in [-0.05, 0) is 37.9 Å². The Kier molecular flexibility index (Phi) is 3.88. The van der Waals surface area contributed by atoms with Gasteiger partial charge in [-0.15, -0.1) is 0 Å². The van der Waals surface area contributed by atoms with Crippen LogP contribution in [0.15, 0.2) is 27.6 Å². The van der Waals surface area contributed by atoms with Gasteiger partial charge in [0.2, 0.25) is 5.89 Å². The number of likely N-dealkylation sites (tertiary alicyclic amines) is 1. The van der Waals surface area contributed by atoms with Gasteiger partial charge in [-0.25, -0.2) is 0 Å². The highest BCUT2D eigenvalue weighted by molar-refractivity contribution is 5.11. The van der Waals surface area contributed by atoms with E-state index in [1.54, 1.807) is 17.7 Å². The number of piperidine rings is 1. The van der Waals surface area contributed by atoms with Gasteiger partial charge in [0.05, 0.1) is 5.92 Å². The molecule has 6 nitrogen and oxygen atoms in total. The zero-order valence-electron chi connectivity index (χ0n) is 12.5. The maximum Gasteiger partial charge on any atom is 0.250 e. The highest BCUT2D eigenvalue weighted by Crippen LogP contribution is 2.26. The van der Waals surface area contributed by atoms with E-state index in [9.17, 15) is 4.79 Å². The summed E-state index contributed by atoms with van der Waals surface area (Å²) < 4.78 is 6.88. The van der Waals surface area contributed by atoms with Crippen molar-refractivity contribution >= 4 is 0 Å². The van der Waals surface area contributed by atoms with Gasteiger partial charge in [-0.3, -0.25) is 9.69 Å². The molecule has 0 unspecified atom stereocenters. The summed E-state index contributed by atoms with van der Waals surface area (Å²) in [5, 5.41) is 3.87. The van der Waals surface area contributed by atoms with Crippen LogP contribution in [0.3, 0.4) is 0 Å². The summed E-state index contributed by atoms with van der Waals surface area (Å²) >= 11 is 0. The average molecular weight is 288 g/mol. The second-order valence-electron chi connectivity index (χ2n) is 5.74. The topological polar surface area (TPSA) is 64.2 Å². The number of aryl methyl sites for hydroxylation is 2. The molecule has 3 heterocycles. The Morgan fingerprint density at radius 3 is 3.05 bits per heavy atom. The molecule has 21 heavy (non-hydrogen) atoms. The van der Waals surface area contributed by atoms with Gasteiger partial charge < -0.3 is 9.09 Å². The van der Waals surface area contributed by atoms with E-state index in [4.69, 9.17) is 4.52 Å². The van der Waals surface area contributed by atoms with Gasteiger partial charge >= 0.3 is 0 Å². The molecule has 2 aromatic rings. The Balaban J connectivity index is 1.68. The van der Waals surface area contributed by atoms with E-state index in [2.05, 4.69) is 15.0 Å². The first kappa shape index (κ1) is 14.0. The highest BCUT2D eigenvalue weighted by atomic mass is 16.5. The zero-order chi connectivity index (χ0) is 14.8. The van der Waals surface area contributed by atoms with Crippen molar-refractivity contribution in [3.8, 4) is 0 Å². The molecular formula is C15H20N4O2. The van der Waals surface area contributed by atoms with E-state index in [-0.39, 0.29) is 5.56 Å². The SMILES string of the molecule is Cc1noc([C@@H]2CCCN(Cc3ccn(C)c(=O)c3)C2)n1. The second-order valence-corrected chi connectivity index (χ2v) is 5.74. The summed E-state index contributed by atoms with van der Waals surface area (Å²) in [5.74, 6) is 1.72. The lowest BCUT2D eigenvalue weighted by Crippen LogP contribution is -2.34. The second kappa shape index (κ2) is 5.81. The largest absolute Gasteiger partial charge is 0.339 e. The van der Waals surface area contributed by atoms with E-state index in [1.807, 2.05) is 19.2 Å². The van der Waals surface area contributed by atoms with Crippen LogP contribution in [0.2, 0.25) is 0 Å². The summed E-state index contributed by atoms with van der Waals surface area (Å²) in [7, 11) is 1.76. The van der Waals surface area contributed by atoms with E-state index in [1.165, 1.54) is 0 Å². The normalized spacial score (nSPS) is 19.8. The minimum Gasteiger partial charge on any atom is -0.339 e. The van der Waals surface area contributed by atoms with Crippen LogP contribution in [0.1, 0.15) is 36.0 Å². The van der Waals surface area contributed by atoms with Crippen LogP contribution in [0.4, 0.5) is 0 Å². The summed E-state index contributed by atoms with van der Waals surface area (Å²) in [6, 6.07) is 3.71. The third kappa shape index (κ3) is 3.21. The van der Waals surface area contributed by atoms with Crippen molar-refractivity contribution in [3.63, 3.8) is 0 Å². The molecule has 0 aromatic carbocycles. The third-order valence-electron chi connectivity index (χ3n) is 3.97. The van der Waals surface area contributed by atoms with E-state index < -0.39 is 0 Å². The number of aromatic nitrogens is 3. The van der Waals surface area contributed by atoms with E-state index in [0.717, 1.165) is 43.9 Å². The van der Waals surface area contributed by atoms with Crippen molar-refractivity contribution in [1.29, 1.82) is 0 Å². The molecule has 0 bridgehead atoms. The molecule has 112 valence electrons. The molecule has 1 atom stereocenters. The monoisotopic (exact) mass is 288 g/mol. The average Bonchev–Trinajstić information content (AvgIpc) is 2.90.